The van der Waals surface area contributed by atoms with Gasteiger partial charge in [-0.25, -0.2) is 4.57 Å². The molecule has 108 valence electrons. The van der Waals surface area contributed by atoms with E-state index < -0.39 is 7.82 Å². The fourth-order valence-corrected chi connectivity index (χ4v) is 2.53. The van der Waals surface area contributed by atoms with Crippen molar-refractivity contribution in [1.29, 1.82) is 0 Å². The molecule has 0 amide bonds. The highest BCUT2D eigenvalue weighted by Gasteiger charge is 2.25. The van der Waals surface area contributed by atoms with Crippen molar-refractivity contribution in [1.82, 2.24) is 0 Å². The lowest BCUT2D eigenvalue weighted by atomic mass is 10.3. The lowest BCUT2D eigenvalue weighted by molar-refractivity contribution is 0.118. The van der Waals surface area contributed by atoms with E-state index in [0.29, 0.717) is 13.2 Å². The van der Waals surface area contributed by atoms with Crippen molar-refractivity contribution < 1.29 is 18.1 Å². The molecule has 0 aliphatic rings. The monoisotopic (exact) mass is 278 g/mol. The van der Waals surface area contributed by atoms with Gasteiger partial charge in [-0.2, -0.15) is 0 Å². The smallest absolute Gasteiger partial charge is 0.287 e. The van der Waals surface area contributed by atoms with E-state index in [0.717, 1.165) is 38.5 Å². The minimum Gasteiger partial charge on any atom is -0.287 e. The highest BCUT2D eigenvalue weighted by atomic mass is 31.2. The van der Waals surface area contributed by atoms with Crippen molar-refractivity contribution in [2.24, 2.45) is 0 Å². The van der Waals surface area contributed by atoms with E-state index in [4.69, 9.17) is 13.6 Å². The number of phosphoric acid groups is 1. The summed E-state index contributed by atoms with van der Waals surface area (Å²) in [4.78, 5) is 0. The van der Waals surface area contributed by atoms with Gasteiger partial charge in [0.15, 0.2) is 0 Å². The summed E-state index contributed by atoms with van der Waals surface area (Å²) in [5.41, 5.74) is 0. The van der Waals surface area contributed by atoms with Crippen molar-refractivity contribution in [2.75, 3.05) is 19.8 Å². The standard InChI is InChI=1S/C13H27O4P/c1-4-7-9-12-16-18(14,15-11-6-3)17-13-10-8-5-2/h6H,3-5,7-13H2,1-2H3. The van der Waals surface area contributed by atoms with Gasteiger partial charge in [0.1, 0.15) is 0 Å². The van der Waals surface area contributed by atoms with Crippen LogP contribution in [0.15, 0.2) is 12.7 Å². The predicted octanol–water partition coefficient (Wildman–Crippen LogP) is 4.71. The van der Waals surface area contributed by atoms with Gasteiger partial charge >= 0.3 is 7.82 Å². The average Bonchev–Trinajstić information content (AvgIpc) is 2.38. The molecule has 0 heterocycles. The molecule has 0 aromatic rings. The van der Waals surface area contributed by atoms with Crippen LogP contribution in [0.4, 0.5) is 0 Å². The second-order valence-corrected chi connectivity index (χ2v) is 5.78. The molecule has 0 N–H and O–H groups in total. The Balaban J connectivity index is 3.98. The van der Waals surface area contributed by atoms with Gasteiger partial charge in [-0.3, -0.25) is 13.6 Å². The number of hydrogen-bond donors (Lipinski definition) is 0. The number of phosphoric ester groups is 1. The molecule has 0 bridgehead atoms. The van der Waals surface area contributed by atoms with Gasteiger partial charge in [0.25, 0.3) is 0 Å². The zero-order valence-corrected chi connectivity index (χ0v) is 12.6. The Morgan fingerprint density at radius 1 is 0.944 bits per heavy atom. The first kappa shape index (κ1) is 17.8. The van der Waals surface area contributed by atoms with Crippen LogP contribution in [0, 0.1) is 0 Å². The molecule has 0 saturated carbocycles. The summed E-state index contributed by atoms with van der Waals surface area (Å²) in [5, 5.41) is 0. The van der Waals surface area contributed by atoms with E-state index in [9.17, 15) is 4.57 Å². The Morgan fingerprint density at radius 3 is 1.83 bits per heavy atom. The van der Waals surface area contributed by atoms with Crippen LogP contribution in [-0.4, -0.2) is 19.8 Å². The van der Waals surface area contributed by atoms with Crippen molar-refractivity contribution in [3.8, 4) is 0 Å². The molecule has 4 nitrogen and oxygen atoms in total. The van der Waals surface area contributed by atoms with E-state index in [1.165, 1.54) is 6.08 Å². The van der Waals surface area contributed by atoms with Crippen LogP contribution >= 0.6 is 7.82 Å². The maximum absolute atomic E-state index is 12.2. The minimum absolute atomic E-state index is 0.179. The lowest BCUT2D eigenvalue weighted by Gasteiger charge is -2.17. The third-order valence-corrected chi connectivity index (χ3v) is 3.81. The largest absolute Gasteiger partial charge is 0.475 e. The van der Waals surface area contributed by atoms with E-state index >= 15 is 0 Å². The summed E-state index contributed by atoms with van der Waals surface area (Å²) in [5.74, 6) is 0. The van der Waals surface area contributed by atoms with Gasteiger partial charge in [0, 0.05) is 0 Å². The van der Waals surface area contributed by atoms with E-state index in [1.54, 1.807) is 0 Å². The van der Waals surface area contributed by atoms with Crippen LogP contribution < -0.4 is 0 Å². The fraction of sp³-hybridized carbons (Fsp3) is 0.846. The molecule has 0 aliphatic carbocycles. The molecule has 0 aromatic carbocycles. The average molecular weight is 278 g/mol. The summed E-state index contributed by atoms with van der Waals surface area (Å²) in [7, 11) is -3.39. The van der Waals surface area contributed by atoms with E-state index in [1.807, 2.05) is 0 Å². The lowest BCUT2D eigenvalue weighted by Crippen LogP contribution is -2.03. The predicted molar refractivity (Wildman–Crippen MR) is 74.7 cm³/mol. The summed E-state index contributed by atoms with van der Waals surface area (Å²) >= 11 is 0. The van der Waals surface area contributed by atoms with Crippen molar-refractivity contribution in [3.63, 3.8) is 0 Å². The Labute approximate surface area is 111 Å². The molecule has 0 aliphatic heterocycles. The molecule has 0 fully saturated rings. The first-order chi connectivity index (χ1) is 8.68. The molecule has 18 heavy (non-hydrogen) atoms. The third kappa shape index (κ3) is 9.84. The molecule has 0 spiro atoms. The molecule has 0 unspecified atom stereocenters. The minimum atomic E-state index is -3.39. The van der Waals surface area contributed by atoms with Crippen LogP contribution in [0.25, 0.3) is 0 Å². The van der Waals surface area contributed by atoms with Gasteiger partial charge in [-0.1, -0.05) is 45.6 Å². The number of rotatable bonds is 13. The molecule has 5 heteroatoms. The number of hydrogen-bond acceptors (Lipinski definition) is 4. The third-order valence-electron chi connectivity index (χ3n) is 2.35. The summed E-state index contributed by atoms with van der Waals surface area (Å²) in [6.07, 6.45) is 7.58. The topological polar surface area (TPSA) is 44.8 Å². The van der Waals surface area contributed by atoms with Crippen molar-refractivity contribution in [3.05, 3.63) is 12.7 Å². The normalized spacial score (nSPS) is 11.7. The van der Waals surface area contributed by atoms with Gasteiger partial charge in [0.2, 0.25) is 0 Å². The van der Waals surface area contributed by atoms with Crippen molar-refractivity contribution >= 4 is 7.82 Å². The first-order valence-corrected chi connectivity index (χ1v) is 8.29. The van der Waals surface area contributed by atoms with Gasteiger partial charge in [-0.15, -0.1) is 6.58 Å². The first-order valence-electron chi connectivity index (χ1n) is 6.83. The molecule has 0 saturated heterocycles. The highest BCUT2D eigenvalue weighted by molar-refractivity contribution is 7.48. The fourth-order valence-electron chi connectivity index (χ4n) is 1.31. The summed E-state index contributed by atoms with van der Waals surface area (Å²) in [6.45, 7) is 8.74. The summed E-state index contributed by atoms with van der Waals surface area (Å²) < 4.78 is 27.9. The Kier molecular flexibility index (Phi) is 11.8. The second kappa shape index (κ2) is 11.9. The van der Waals surface area contributed by atoms with E-state index in [-0.39, 0.29) is 6.61 Å². The molecular weight excluding hydrogens is 251 g/mol. The SMILES string of the molecule is C=CCOP(=O)(OCCCCC)OCCCCC. The van der Waals surface area contributed by atoms with Gasteiger partial charge < -0.3 is 0 Å². The van der Waals surface area contributed by atoms with E-state index in [2.05, 4.69) is 20.4 Å². The quantitative estimate of drug-likeness (QED) is 0.278. The molecular formula is C13H27O4P. The Hall–Kier alpha value is -0.150. The number of unbranched alkanes of at least 4 members (excludes halogenated alkanes) is 4. The van der Waals surface area contributed by atoms with Crippen LogP contribution in [0.5, 0.6) is 0 Å². The van der Waals surface area contributed by atoms with Crippen LogP contribution in [-0.2, 0) is 18.1 Å². The molecule has 0 radical (unpaired) electrons. The Morgan fingerprint density at radius 2 is 1.44 bits per heavy atom. The highest BCUT2D eigenvalue weighted by Crippen LogP contribution is 2.49. The van der Waals surface area contributed by atoms with Crippen LogP contribution in [0.1, 0.15) is 52.4 Å². The maximum atomic E-state index is 12.2. The van der Waals surface area contributed by atoms with Crippen LogP contribution in [0.3, 0.4) is 0 Å². The molecule has 0 atom stereocenters. The Bertz CT molecular complexity index is 227. The van der Waals surface area contributed by atoms with Gasteiger partial charge in [-0.05, 0) is 12.8 Å². The summed E-state index contributed by atoms with van der Waals surface area (Å²) in [6, 6.07) is 0. The zero-order chi connectivity index (χ0) is 13.7. The molecule has 0 rings (SSSR count). The zero-order valence-electron chi connectivity index (χ0n) is 11.7. The second-order valence-electron chi connectivity index (χ2n) is 4.11. The van der Waals surface area contributed by atoms with Gasteiger partial charge in [0.05, 0.1) is 19.8 Å². The van der Waals surface area contributed by atoms with Crippen molar-refractivity contribution in [2.45, 2.75) is 52.4 Å². The maximum Gasteiger partial charge on any atom is 0.475 e. The molecule has 0 aromatic heterocycles. The van der Waals surface area contributed by atoms with Crippen LogP contribution in [0.2, 0.25) is 0 Å².